The van der Waals surface area contributed by atoms with Crippen LogP contribution in [-0.4, -0.2) is 20.1 Å². The summed E-state index contributed by atoms with van der Waals surface area (Å²) in [5, 5.41) is 18.0. The predicted molar refractivity (Wildman–Crippen MR) is 54.3 cm³/mol. The van der Waals surface area contributed by atoms with Gasteiger partial charge in [-0.25, -0.2) is 0 Å². The fraction of sp³-hybridized carbons (Fsp3) is 0.222. The molecule has 2 aromatic rings. The largest absolute Gasteiger partial charge is 0.476 e. The van der Waals surface area contributed by atoms with Crippen molar-refractivity contribution in [2.45, 2.75) is 13.5 Å². The minimum absolute atomic E-state index is 0.0344. The normalized spacial score (nSPS) is 10.2. The lowest BCUT2D eigenvalue weighted by Gasteiger charge is -2.02. The maximum Gasteiger partial charge on any atom is 0.406 e. The lowest BCUT2D eigenvalue weighted by molar-refractivity contribution is -0.390. The van der Waals surface area contributed by atoms with E-state index in [4.69, 9.17) is 9.15 Å². The molecule has 0 aliphatic rings. The van der Waals surface area contributed by atoms with Crippen LogP contribution in [0.15, 0.2) is 22.7 Å². The first-order chi connectivity index (χ1) is 8.16. The quantitative estimate of drug-likeness (QED) is 0.581. The second kappa shape index (κ2) is 4.56. The van der Waals surface area contributed by atoms with Crippen LogP contribution in [0.3, 0.4) is 0 Å². The van der Waals surface area contributed by atoms with Crippen molar-refractivity contribution in [3.05, 3.63) is 40.2 Å². The molecule has 0 aliphatic carbocycles. The van der Waals surface area contributed by atoms with Gasteiger partial charge in [0, 0.05) is 6.92 Å². The van der Waals surface area contributed by atoms with E-state index < -0.39 is 4.92 Å². The number of rotatable bonds is 4. The van der Waals surface area contributed by atoms with E-state index in [1.165, 1.54) is 12.3 Å². The van der Waals surface area contributed by atoms with Crippen molar-refractivity contribution < 1.29 is 14.1 Å². The zero-order chi connectivity index (χ0) is 12.3. The van der Waals surface area contributed by atoms with Crippen molar-refractivity contribution in [3.8, 4) is 5.75 Å². The van der Waals surface area contributed by atoms with Gasteiger partial charge in [0.1, 0.15) is 6.20 Å². The summed E-state index contributed by atoms with van der Waals surface area (Å²) in [6.45, 7) is 1.61. The van der Waals surface area contributed by atoms with Gasteiger partial charge >= 0.3 is 5.82 Å². The molecule has 0 aromatic carbocycles. The zero-order valence-electron chi connectivity index (χ0n) is 8.86. The Bertz CT molecular complexity index is 539. The molecule has 0 saturated carbocycles. The molecule has 2 rings (SSSR count). The molecule has 0 unspecified atom stereocenters. The molecule has 8 nitrogen and oxygen atoms in total. The molecule has 0 atom stereocenters. The van der Waals surface area contributed by atoms with Crippen molar-refractivity contribution in [1.29, 1.82) is 0 Å². The molecular weight excluding hydrogens is 228 g/mol. The van der Waals surface area contributed by atoms with E-state index in [1.54, 1.807) is 13.0 Å². The van der Waals surface area contributed by atoms with Crippen LogP contribution < -0.4 is 4.74 Å². The van der Waals surface area contributed by atoms with Gasteiger partial charge in [-0.15, -0.1) is 10.2 Å². The standard InChI is InChI=1S/C9H8N4O4/c1-6-11-12-8(17-6)5-16-7-3-2-4-10-9(7)13(14)15/h2-4H,5H2,1H3. The minimum atomic E-state index is -0.617. The van der Waals surface area contributed by atoms with E-state index in [0.29, 0.717) is 5.89 Å². The maximum atomic E-state index is 10.6. The Morgan fingerprint density at radius 1 is 1.53 bits per heavy atom. The molecule has 88 valence electrons. The van der Waals surface area contributed by atoms with Gasteiger partial charge in [-0.05, 0) is 22.0 Å². The molecular formula is C9H8N4O4. The first-order valence-electron chi connectivity index (χ1n) is 4.68. The highest BCUT2D eigenvalue weighted by Gasteiger charge is 2.16. The summed E-state index contributed by atoms with van der Waals surface area (Å²) in [5.74, 6) is 0.377. The average molecular weight is 236 g/mol. The lowest BCUT2D eigenvalue weighted by Crippen LogP contribution is -2.00. The Balaban J connectivity index is 2.11. The molecule has 0 fully saturated rings. The van der Waals surface area contributed by atoms with E-state index in [1.807, 2.05) is 0 Å². The van der Waals surface area contributed by atoms with Gasteiger partial charge in [-0.2, -0.15) is 0 Å². The lowest BCUT2D eigenvalue weighted by atomic mass is 10.4. The van der Waals surface area contributed by atoms with Crippen LogP contribution in [0.5, 0.6) is 5.75 Å². The molecule has 0 aliphatic heterocycles. The number of hydrogen-bond acceptors (Lipinski definition) is 7. The van der Waals surface area contributed by atoms with Crippen molar-refractivity contribution in [3.63, 3.8) is 0 Å². The van der Waals surface area contributed by atoms with E-state index in [9.17, 15) is 10.1 Å². The summed E-state index contributed by atoms with van der Waals surface area (Å²) in [4.78, 5) is 13.6. The van der Waals surface area contributed by atoms with Crippen LogP contribution in [0.2, 0.25) is 0 Å². The maximum absolute atomic E-state index is 10.6. The molecule has 17 heavy (non-hydrogen) atoms. The number of pyridine rings is 1. The van der Waals surface area contributed by atoms with E-state index in [2.05, 4.69) is 15.2 Å². The highest BCUT2D eigenvalue weighted by molar-refractivity contribution is 5.38. The number of nitro groups is 1. The van der Waals surface area contributed by atoms with Crippen LogP contribution in [-0.2, 0) is 6.61 Å². The molecule has 0 amide bonds. The first-order valence-corrected chi connectivity index (χ1v) is 4.68. The highest BCUT2D eigenvalue weighted by atomic mass is 16.6. The van der Waals surface area contributed by atoms with Gasteiger partial charge < -0.3 is 19.3 Å². The molecule has 0 bridgehead atoms. The summed E-state index contributed by atoms with van der Waals surface area (Å²) in [6, 6.07) is 3.00. The van der Waals surface area contributed by atoms with Gasteiger partial charge in [-0.3, -0.25) is 0 Å². The topological polar surface area (TPSA) is 104 Å². The number of aryl methyl sites for hydroxylation is 1. The van der Waals surface area contributed by atoms with E-state index >= 15 is 0 Å². The molecule has 0 radical (unpaired) electrons. The van der Waals surface area contributed by atoms with E-state index in [-0.39, 0.29) is 24.1 Å². The van der Waals surface area contributed by atoms with Crippen LogP contribution in [0.25, 0.3) is 0 Å². The molecule has 0 saturated heterocycles. The summed E-state index contributed by atoms with van der Waals surface area (Å²) in [5.41, 5.74) is 0. The van der Waals surface area contributed by atoms with Crippen LogP contribution in [0.4, 0.5) is 5.82 Å². The Labute approximate surface area is 95.4 Å². The second-order valence-electron chi connectivity index (χ2n) is 3.09. The summed E-state index contributed by atoms with van der Waals surface area (Å²) >= 11 is 0. The first kappa shape index (κ1) is 11.0. The smallest absolute Gasteiger partial charge is 0.406 e. The van der Waals surface area contributed by atoms with Crippen LogP contribution >= 0.6 is 0 Å². The summed E-state index contributed by atoms with van der Waals surface area (Å²) in [7, 11) is 0. The van der Waals surface area contributed by atoms with E-state index in [0.717, 1.165) is 0 Å². The molecule has 2 heterocycles. The van der Waals surface area contributed by atoms with Crippen LogP contribution in [0.1, 0.15) is 11.8 Å². The molecule has 2 aromatic heterocycles. The third-order valence-corrected chi connectivity index (χ3v) is 1.84. The van der Waals surface area contributed by atoms with Gasteiger partial charge in [-0.1, -0.05) is 0 Å². The second-order valence-corrected chi connectivity index (χ2v) is 3.09. The van der Waals surface area contributed by atoms with Crippen molar-refractivity contribution in [2.75, 3.05) is 0 Å². The number of hydrogen-bond donors (Lipinski definition) is 0. The Hall–Kier alpha value is -2.51. The third-order valence-electron chi connectivity index (χ3n) is 1.84. The number of ether oxygens (including phenoxy) is 1. The van der Waals surface area contributed by atoms with Crippen molar-refractivity contribution >= 4 is 5.82 Å². The Kier molecular flexibility index (Phi) is 2.95. The average Bonchev–Trinajstić information content (AvgIpc) is 2.73. The van der Waals surface area contributed by atoms with Gasteiger partial charge in [0.15, 0.2) is 6.61 Å². The zero-order valence-corrected chi connectivity index (χ0v) is 8.86. The monoisotopic (exact) mass is 236 g/mol. The summed E-state index contributed by atoms with van der Waals surface area (Å²) < 4.78 is 10.3. The fourth-order valence-electron chi connectivity index (χ4n) is 1.17. The molecule has 0 spiro atoms. The van der Waals surface area contributed by atoms with Crippen molar-refractivity contribution in [2.24, 2.45) is 0 Å². The number of nitrogens with zero attached hydrogens (tertiary/aromatic N) is 4. The van der Waals surface area contributed by atoms with Crippen LogP contribution in [0, 0.1) is 17.0 Å². The van der Waals surface area contributed by atoms with Gasteiger partial charge in [0.2, 0.25) is 11.6 Å². The summed E-state index contributed by atoms with van der Waals surface area (Å²) in [6.07, 6.45) is 1.32. The molecule has 0 N–H and O–H groups in total. The number of aromatic nitrogens is 3. The Morgan fingerprint density at radius 3 is 3.00 bits per heavy atom. The highest BCUT2D eigenvalue weighted by Crippen LogP contribution is 2.23. The van der Waals surface area contributed by atoms with Crippen molar-refractivity contribution in [1.82, 2.24) is 15.2 Å². The predicted octanol–water partition coefficient (Wildman–Crippen LogP) is 1.26. The Morgan fingerprint density at radius 2 is 2.35 bits per heavy atom. The van der Waals surface area contributed by atoms with Gasteiger partial charge in [0.25, 0.3) is 5.89 Å². The fourth-order valence-corrected chi connectivity index (χ4v) is 1.17. The SMILES string of the molecule is Cc1nnc(COc2cccnc2[N+](=O)[O-])o1. The minimum Gasteiger partial charge on any atom is -0.476 e. The van der Waals surface area contributed by atoms with Gasteiger partial charge in [0.05, 0.1) is 0 Å². The third kappa shape index (κ3) is 2.54. The molecule has 8 heteroatoms.